The van der Waals surface area contributed by atoms with Crippen LogP contribution in [0.5, 0.6) is 0 Å². The molecule has 0 unspecified atom stereocenters. The molecule has 0 atom stereocenters. The number of rotatable bonds is 3. The van der Waals surface area contributed by atoms with E-state index in [0.717, 1.165) is 9.86 Å². The Kier molecular flexibility index (Phi) is 4.16. The Bertz CT molecular complexity index is 883. The highest BCUT2D eigenvalue weighted by Crippen LogP contribution is 2.27. The van der Waals surface area contributed by atoms with Crippen LogP contribution in [0.15, 0.2) is 57.4 Å². The lowest BCUT2D eigenvalue weighted by molar-refractivity contribution is 0.0600. The van der Waals surface area contributed by atoms with E-state index in [1.54, 1.807) is 30.3 Å². The van der Waals surface area contributed by atoms with Crippen LogP contribution >= 0.6 is 15.9 Å². The highest BCUT2D eigenvalue weighted by molar-refractivity contribution is 9.10. The number of fused-ring (bicyclic) bond motifs is 1. The smallest absolute Gasteiger partial charge is 0.337 e. The van der Waals surface area contributed by atoms with Gasteiger partial charge in [-0.3, -0.25) is 4.79 Å². The van der Waals surface area contributed by atoms with Crippen LogP contribution in [0.2, 0.25) is 0 Å². The zero-order chi connectivity index (χ0) is 16.4. The number of esters is 1. The number of ether oxygens (including phenoxy) is 1. The number of methoxy groups -OCH3 is 1. The quantitative estimate of drug-likeness (QED) is 0.697. The molecule has 3 aromatic rings. The highest BCUT2D eigenvalue weighted by Gasteiger charge is 2.14. The number of hydrogen-bond donors (Lipinski definition) is 1. The average Bonchev–Trinajstić information content (AvgIpc) is 3.00. The Morgan fingerprint density at radius 3 is 2.52 bits per heavy atom. The van der Waals surface area contributed by atoms with Gasteiger partial charge in [-0.1, -0.05) is 12.1 Å². The first-order valence-electron chi connectivity index (χ1n) is 6.76. The van der Waals surface area contributed by atoms with Gasteiger partial charge in [0, 0.05) is 11.1 Å². The van der Waals surface area contributed by atoms with Crippen molar-refractivity contribution in [3.05, 3.63) is 64.3 Å². The van der Waals surface area contributed by atoms with Crippen LogP contribution in [0.25, 0.3) is 11.0 Å². The number of halogens is 1. The summed E-state index contributed by atoms with van der Waals surface area (Å²) in [5.74, 6) is -0.576. The summed E-state index contributed by atoms with van der Waals surface area (Å²) in [7, 11) is 1.32. The third kappa shape index (κ3) is 3.12. The minimum absolute atomic E-state index is 0.212. The predicted octanol–water partition coefficient (Wildman–Crippen LogP) is 4.23. The van der Waals surface area contributed by atoms with E-state index in [9.17, 15) is 9.59 Å². The molecule has 23 heavy (non-hydrogen) atoms. The number of benzene rings is 2. The number of carbonyl (C=O) groups is 2. The molecule has 1 amide bonds. The number of furan rings is 1. The van der Waals surface area contributed by atoms with E-state index in [0.29, 0.717) is 16.8 Å². The molecule has 1 heterocycles. The summed E-state index contributed by atoms with van der Waals surface area (Å²) in [6.45, 7) is 0. The Balaban J connectivity index is 1.80. The van der Waals surface area contributed by atoms with Gasteiger partial charge in [-0.2, -0.15) is 0 Å². The van der Waals surface area contributed by atoms with Gasteiger partial charge in [0.2, 0.25) is 0 Å². The summed E-state index contributed by atoms with van der Waals surface area (Å²) in [5.41, 5.74) is 1.60. The molecule has 3 rings (SSSR count). The molecule has 0 aliphatic heterocycles. The van der Waals surface area contributed by atoms with Crippen molar-refractivity contribution in [2.24, 2.45) is 0 Å². The molecule has 0 spiro atoms. The van der Waals surface area contributed by atoms with Crippen molar-refractivity contribution < 1.29 is 18.7 Å². The van der Waals surface area contributed by atoms with Crippen LogP contribution in [-0.4, -0.2) is 19.0 Å². The number of carbonyl (C=O) groups excluding carboxylic acids is 2. The second kappa shape index (κ2) is 6.26. The molecule has 0 aliphatic carbocycles. The number of hydrogen-bond acceptors (Lipinski definition) is 4. The number of anilines is 1. The first-order chi connectivity index (χ1) is 11.1. The van der Waals surface area contributed by atoms with Gasteiger partial charge in [0.05, 0.1) is 17.1 Å². The van der Waals surface area contributed by atoms with E-state index in [-0.39, 0.29) is 11.7 Å². The molecule has 1 aromatic heterocycles. The Hall–Kier alpha value is -2.60. The zero-order valence-corrected chi connectivity index (χ0v) is 13.7. The van der Waals surface area contributed by atoms with Gasteiger partial charge in [0.1, 0.15) is 5.58 Å². The summed E-state index contributed by atoms with van der Waals surface area (Å²) in [6, 6.07) is 13.7. The second-order valence-electron chi connectivity index (χ2n) is 4.79. The maximum absolute atomic E-state index is 12.3. The molecular formula is C17H12BrNO4. The Morgan fingerprint density at radius 1 is 1.13 bits per heavy atom. The molecule has 0 saturated heterocycles. The molecule has 2 aromatic carbocycles. The number of amides is 1. The summed E-state index contributed by atoms with van der Waals surface area (Å²) in [4.78, 5) is 23.6. The molecule has 6 heteroatoms. The van der Waals surface area contributed by atoms with E-state index < -0.39 is 5.97 Å². The average molecular weight is 374 g/mol. The molecule has 116 valence electrons. The number of nitrogens with one attached hydrogen (secondary N) is 1. The monoisotopic (exact) mass is 373 g/mol. The van der Waals surface area contributed by atoms with E-state index in [1.807, 2.05) is 18.2 Å². The van der Waals surface area contributed by atoms with Gasteiger partial charge in [0.15, 0.2) is 5.76 Å². The summed E-state index contributed by atoms with van der Waals surface area (Å²) < 4.78 is 11.0. The van der Waals surface area contributed by atoms with Crippen molar-refractivity contribution in [3.63, 3.8) is 0 Å². The SMILES string of the molecule is COC(=O)c1ccc(NC(=O)c2cc3cccc(Br)c3o2)cc1. The fourth-order valence-electron chi connectivity index (χ4n) is 2.14. The van der Waals surface area contributed by atoms with Crippen molar-refractivity contribution in [3.8, 4) is 0 Å². The van der Waals surface area contributed by atoms with E-state index in [4.69, 9.17) is 4.42 Å². The highest BCUT2D eigenvalue weighted by atomic mass is 79.9. The molecule has 0 aliphatic rings. The normalized spacial score (nSPS) is 10.5. The van der Waals surface area contributed by atoms with E-state index in [2.05, 4.69) is 26.0 Å². The standard InChI is InChI=1S/C17H12BrNO4/c1-22-17(21)10-5-7-12(8-6-10)19-16(20)14-9-11-3-2-4-13(18)15(11)23-14/h2-9H,1H3,(H,19,20). The molecular weight excluding hydrogens is 362 g/mol. The lowest BCUT2D eigenvalue weighted by atomic mass is 10.2. The van der Waals surface area contributed by atoms with E-state index in [1.165, 1.54) is 7.11 Å². The summed E-state index contributed by atoms with van der Waals surface area (Å²) >= 11 is 3.39. The van der Waals surface area contributed by atoms with Crippen molar-refractivity contribution in [2.45, 2.75) is 0 Å². The second-order valence-corrected chi connectivity index (χ2v) is 5.65. The summed E-state index contributed by atoms with van der Waals surface area (Å²) in [6.07, 6.45) is 0. The third-order valence-corrected chi connectivity index (χ3v) is 3.91. The molecule has 1 N–H and O–H groups in total. The lowest BCUT2D eigenvalue weighted by Crippen LogP contribution is -2.11. The van der Waals surface area contributed by atoms with Crippen LogP contribution < -0.4 is 5.32 Å². The van der Waals surface area contributed by atoms with Crippen molar-refractivity contribution in [1.29, 1.82) is 0 Å². The predicted molar refractivity (Wildman–Crippen MR) is 89.6 cm³/mol. The van der Waals surface area contributed by atoms with Gasteiger partial charge in [-0.05, 0) is 52.3 Å². The van der Waals surface area contributed by atoms with Crippen LogP contribution in [-0.2, 0) is 4.74 Å². The molecule has 0 fully saturated rings. The molecule has 0 radical (unpaired) electrons. The van der Waals surface area contributed by atoms with Gasteiger partial charge in [0.25, 0.3) is 5.91 Å². The van der Waals surface area contributed by atoms with Crippen molar-refractivity contribution in [1.82, 2.24) is 0 Å². The first kappa shape index (κ1) is 15.3. The fraction of sp³-hybridized carbons (Fsp3) is 0.0588. The maximum Gasteiger partial charge on any atom is 0.337 e. The first-order valence-corrected chi connectivity index (χ1v) is 7.55. The third-order valence-electron chi connectivity index (χ3n) is 3.28. The van der Waals surface area contributed by atoms with Crippen LogP contribution in [0.1, 0.15) is 20.9 Å². The zero-order valence-electron chi connectivity index (χ0n) is 12.1. The van der Waals surface area contributed by atoms with E-state index >= 15 is 0 Å². The van der Waals surface area contributed by atoms with Crippen LogP contribution in [0, 0.1) is 0 Å². The molecule has 0 saturated carbocycles. The lowest BCUT2D eigenvalue weighted by Gasteiger charge is -2.04. The number of para-hydroxylation sites is 1. The van der Waals surface area contributed by atoms with Crippen LogP contribution in [0.3, 0.4) is 0 Å². The minimum Gasteiger partial charge on any atom is -0.465 e. The maximum atomic E-state index is 12.3. The van der Waals surface area contributed by atoms with Crippen molar-refractivity contribution >= 4 is 44.5 Å². The fourth-order valence-corrected chi connectivity index (χ4v) is 2.60. The molecule has 0 bridgehead atoms. The Morgan fingerprint density at radius 2 is 1.87 bits per heavy atom. The minimum atomic E-state index is -0.426. The van der Waals surface area contributed by atoms with Gasteiger partial charge < -0.3 is 14.5 Å². The largest absolute Gasteiger partial charge is 0.465 e. The summed E-state index contributed by atoms with van der Waals surface area (Å²) in [5, 5.41) is 3.56. The van der Waals surface area contributed by atoms with Crippen LogP contribution in [0.4, 0.5) is 5.69 Å². The molecule has 5 nitrogen and oxygen atoms in total. The van der Waals surface area contributed by atoms with Crippen molar-refractivity contribution in [2.75, 3.05) is 12.4 Å². The van der Waals surface area contributed by atoms with Gasteiger partial charge in [-0.25, -0.2) is 4.79 Å². The Labute approximate surface area is 140 Å². The van der Waals surface area contributed by atoms with Gasteiger partial charge >= 0.3 is 5.97 Å². The topological polar surface area (TPSA) is 68.5 Å². The van der Waals surface area contributed by atoms with Gasteiger partial charge in [-0.15, -0.1) is 0 Å².